The number of rotatable bonds is 5. The summed E-state index contributed by atoms with van der Waals surface area (Å²) in [5.74, 6) is 0.0668. The van der Waals surface area contributed by atoms with Crippen LogP contribution in [0, 0.1) is 11.8 Å². The van der Waals surface area contributed by atoms with Crippen LogP contribution < -0.4 is 0 Å². The van der Waals surface area contributed by atoms with E-state index in [0.29, 0.717) is 30.3 Å². The molecule has 0 bridgehead atoms. The Labute approximate surface area is 109 Å². The van der Waals surface area contributed by atoms with E-state index in [0.717, 1.165) is 18.4 Å². The maximum Gasteiger partial charge on any atom is 0.331 e. The van der Waals surface area contributed by atoms with Gasteiger partial charge in [0.1, 0.15) is 0 Å². The van der Waals surface area contributed by atoms with Crippen molar-refractivity contribution < 1.29 is 14.7 Å². The third-order valence-corrected chi connectivity index (χ3v) is 3.33. The van der Waals surface area contributed by atoms with Gasteiger partial charge in [0.25, 0.3) is 0 Å². The van der Waals surface area contributed by atoms with Gasteiger partial charge in [0.05, 0.1) is 0 Å². The molecule has 3 heteroatoms. The Morgan fingerprint density at radius 3 is 2.61 bits per heavy atom. The van der Waals surface area contributed by atoms with E-state index >= 15 is 0 Å². The predicted molar refractivity (Wildman–Crippen MR) is 71.3 cm³/mol. The minimum Gasteiger partial charge on any atom is -0.478 e. The van der Waals surface area contributed by atoms with E-state index in [4.69, 9.17) is 5.11 Å². The average Bonchev–Trinajstić information content (AvgIpc) is 2.27. The summed E-state index contributed by atoms with van der Waals surface area (Å²) in [7, 11) is 0. The van der Waals surface area contributed by atoms with Crippen LogP contribution in [0.5, 0.6) is 0 Å². The van der Waals surface area contributed by atoms with Gasteiger partial charge in [-0.3, -0.25) is 4.79 Å². The Morgan fingerprint density at radius 2 is 2.17 bits per heavy atom. The second-order valence-corrected chi connectivity index (χ2v) is 5.46. The van der Waals surface area contributed by atoms with Gasteiger partial charge in [-0.15, -0.1) is 0 Å². The van der Waals surface area contributed by atoms with Crippen LogP contribution in [0.25, 0.3) is 0 Å². The SMILES string of the molecule is C/C(=C/C(=O)CC(C)C)[C@H]1CC=C(C(=O)O)CC1. The number of carboxylic acid groups (broad SMARTS) is 1. The lowest BCUT2D eigenvalue weighted by Crippen LogP contribution is -2.12. The summed E-state index contributed by atoms with van der Waals surface area (Å²) in [6.07, 6.45) is 6.28. The van der Waals surface area contributed by atoms with Gasteiger partial charge >= 0.3 is 5.97 Å². The number of carbonyl (C=O) groups excluding carboxylic acids is 1. The van der Waals surface area contributed by atoms with Crippen molar-refractivity contribution in [3.63, 3.8) is 0 Å². The van der Waals surface area contributed by atoms with Crippen molar-refractivity contribution in [1.82, 2.24) is 0 Å². The smallest absolute Gasteiger partial charge is 0.331 e. The van der Waals surface area contributed by atoms with E-state index in [1.165, 1.54) is 0 Å². The third-order valence-electron chi connectivity index (χ3n) is 3.33. The van der Waals surface area contributed by atoms with Crippen LogP contribution >= 0.6 is 0 Å². The van der Waals surface area contributed by atoms with Gasteiger partial charge in [-0.2, -0.15) is 0 Å². The second-order valence-electron chi connectivity index (χ2n) is 5.46. The standard InChI is InChI=1S/C15H22O3/c1-10(2)8-14(16)9-11(3)12-4-6-13(7-5-12)15(17)18/h6,9-10,12H,4-5,7-8H2,1-3H3,(H,17,18)/b11-9-/t12-/m0/s1. The van der Waals surface area contributed by atoms with Crippen molar-refractivity contribution in [2.75, 3.05) is 0 Å². The fourth-order valence-corrected chi connectivity index (χ4v) is 2.28. The molecule has 3 nitrogen and oxygen atoms in total. The highest BCUT2D eigenvalue weighted by Gasteiger charge is 2.19. The molecule has 0 fully saturated rings. The molecule has 0 saturated heterocycles. The first-order valence-electron chi connectivity index (χ1n) is 6.53. The number of hydrogen-bond acceptors (Lipinski definition) is 2. The first-order valence-corrected chi connectivity index (χ1v) is 6.53. The van der Waals surface area contributed by atoms with Gasteiger partial charge in [-0.05, 0) is 44.1 Å². The number of carbonyl (C=O) groups is 2. The van der Waals surface area contributed by atoms with Crippen molar-refractivity contribution in [2.45, 2.75) is 46.5 Å². The van der Waals surface area contributed by atoms with Gasteiger partial charge < -0.3 is 5.11 Å². The molecule has 18 heavy (non-hydrogen) atoms. The largest absolute Gasteiger partial charge is 0.478 e. The molecule has 0 aromatic carbocycles. The average molecular weight is 250 g/mol. The molecule has 1 aliphatic carbocycles. The Morgan fingerprint density at radius 1 is 1.50 bits per heavy atom. The zero-order valence-electron chi connectivity index (χ0n) is 11.4. The molecule has 0 aliphatic heterocycles. The van der Waals surface area contributed by atoms with E-state index in [9.17, 15) is 9.59 Å². The predicted octanol–water partition coefficient (Wildman–Crippen LogP) is 3.36. The molecule has 0 heterocycles. The maximum absolute atomic E-state index is 11.7. The molecule has 0 amide bonds. The van der Waals surface area contributed by atoms with Gasteiger partial charge in [0, 0.05) is 12.0 Å². The Kier molecular flexibility index (Phi) is 5.32. The van der Waals surface area contributed by atoms with E-state index in [-0.39, 0.29) is 5.78 Å². The Bertz CT molecular complexity index is 389. The molecule has 0 radical (unpaired) electrons. The molecule has 1 N–H and O–H groups in total. The normalized spacial score (nSPS) is 20.8. The first kappa shape index (κ1) is 14.7. The fourth-order valence-electron chi connectivity index (χ4n) is 2.28. The minimum atomic E-state index is -0.814. The molecule has 1 aliphatic rings. The van der Waals surface area contributed by atoms with Gasteiger partial charge in [-0.25, -0.2) is 4.79 Å². The highest BCUT2D eigenvalue weighted by Crippen LogP contribution is 2.29. The van der Waals surface area contributed by atoms with E-state index in [1.807, 2.05) is 20.8 Å². The number of allylic oxidation sites excluding steroid dienone is 3. The summed E-state index contributed by atoms with van der Waals surface area (Å²) < 4.78 is 0. The quantitative estimate of drug-likeness (QED) is 0.761. The van der Waals surface area contributed by atoms with Crippen LogP contribution in [0.2, 0.25) is 0 Å². The van der Waals surface area contributed by atoms with Crippen LogP contribution in [-0.2, 0) is 9.59 Å². The first-order chi connectivity index (χ1) is 8.40. The topological polar surface area (TPSA) is 54.4 Å². The number of aliphatic carboxylic acids is 1. The van der Waals surface area contributed by atoms with E-state index in [2.05, 4.69) is 0 Å². The summed E-state index contributed by atoms with van der Waals surface area (Å²) in [4.78, 5) is 22.5. The summed E-state index contributed by atoms with van der Waals surface area (Å²) in [6, 6.07) is 0. The fraction of sp³-hybridized carbons (Fsp3) is 0.600. The van der Waals surface area contributed by atoms with Crippen molar-refractivity contribution in [2.24, 2.45) is 11.8 Å². The van der Waals surface area contributed by atoms with Crippen LogP contribution in [0.3, 0.4) is 0 Å². The van der Waals surface area contributed by atoms with Crippen LogP contribution in [0.15, 0.2) is 23.3 Å². The number of carboxylic acids is 1. The Balaban J connectivity index is 2.59. The summed E-state index contributed by atoms with van der Waals surface area (Å²) in [5.41, 5.74) is 1.59. The lowest BCUT2D eigenvalue weighted by Gasteiger charge is -2.21. The van der Waals surface area contributed by atoms with Crippen LogP contribution in [0.4, 0.5) is 0 Å². The molecule has 0 aromatic heterocycles. The van der Waals surface area contributed by atoms with Crippen molar-refractivity contribution in [1.29, 1.82) is 0 Å². The highest BCUT2D eigenvalue weighted by molar-refractivity contribution is 5.90. The zero-order chi connectivity index (χ0) is 13.7. The third kappa shape index (κ3) is 4.47. The van der Waals surface area contributed by atoms with Crippen molar-refractivity contribution >= 4 is 11.8 Å². The van der Waals surface area contributed by atoms with Crippen molar-refractivity contribution in [3.8, 4) is 0 Å². The van der Waals surface area contributed by atoms with E-state index in [1.54, 1.807) is 12.2 Å². The monoisotopic (exact) mass is 250 g/mol. The molecule has 0 unspecified atom stereocenters. The van der Waals surface area contributed by atoms with Gasteiger partial charge in [-0.1, -0.05) is 25.5 Å². The lowest BCUT2D eigenvalue weighted by atomic mass is 9.84. The second kappa shape index (κ2) is 6.53. The summed E-state index contributed by atoms with van der Waals surface area (Å²) in [6.45, 7) is 6.04. The van der Waals surface area contributed by atoms with Crippen LogP contribution in [0.1, 0.15) is 46.5 Å². The van der Waals surface area contributed by atoms with Gasteiger partial charge in [0.15, 0.2) is 5.78 Å². The number of ketones is 1. The highest BCUT2D eigenvalue weighted by atomic mass is 16.4. The van der Waals surface area contributed by atoms with Crippen molar-refractivity contribution in [3.05, 3.63) is 23.3 Å². The summed E-state index contributed by atoms with van der Waals surface area (Å²) in [5, 5.41) is 8.87. The molecule has 1 rings (SSSR count). The molecule has 0 saturated carbocycles. The molecule has 0 aromatic rings. The maximum atomic E-state index is 11.7. The molecular formula is C15H22O3. The minimum absolute atomic E-state index is 0.176. The van der Waals surface area contributed by atoms with E-state index < -0.39 is 5.97 Å². The summed E-state index contributed by atoms with van der Waals surface area (Å²) >= 11 is 0. The number of hydrogen-bond donors (Lipinski definition) is 1. The molecular weight excluding hydrogens is 228 g/mol. The molecule has 100 valence electrons. The van der Waals surface area contributed by atoms with Gasteiger partial charge in [0.2, 0.25) is 0 Å². The Hall–Kier alpha value is -1.38. The lowest BCUT2D eigenvalue weighted by molar-refractivity contribution is -0.133. The molecule has 0 spiro atoms. The van der Waals surface area contributed by atoms with Crippen LogP contribution in [-0.4, -0.2) is 16.9 Å². The zero-order valence-corrected chi connectivity index (χ0v) is 11.4. The molecule has 1 atom stereocenters.